The number of anilines is 2. The van der Waals surface area contributed by atoms with Gasteiger partial charge in [-0.15, -0.1) is 0 Å². The predicted molar refractivity (Wildman–Crippen MR) is 82.3 cm³/mol. The molecule has 0 aliphatic heterocycles. The summed E-state index contributed by atoms with van der Waals surface area (Å²) in [7, 11) is -3.70. The topological polar surface area (TPSA) is 96.0 Å². The summed E-state index contributed by atoms with van der Waals surface area (Å²) in [6.07, 6.45) is 0. The predicted octanol–water partition coefficient (Wildman–Crippen LogP) is 2.56. The summed E-state index contributed by atoms with van der Waals surface area (Å²) in [6, 6.07) is 11.4. The molecule has 0 aliphatic rings. The minimum Gasteiger partial charge on any atom is -0.399 e. The standard InChI is InChI=1S/C15H15N3O2S/c1-10-8-14(5-3-12(10)9-16)21(19,20)18-15-6-4-13(17)7-11(15)2/h3-8,18H,17H2,1-2H3. The Kier molecular flexibility index (Phi) is 3.87. The lowest BCUT2D eigenvalue weighted by atomic mass is 10.1. The quantitative estimate of drug-likeness (QED) is 0.851. The van der Waals surface area contributed by atoms with Crippen LogP contribution in [0.4, 0.5) is 11.4 Å². The number of nitriles is 1. The maximum atomic E-state index is 12.4. The number of rotatable bonds is 3. The van der Waals surface area contributed by atoms with Crippen molar-refractivity contribution in [1.29, 1.82) is 5.26 Å². The molecule has 0 heterocycles. The maximum absolute atomic E-state index is 12.4. The van der Waals surface area contributed by atoms with Crippen molar-refractivity contribution >= 4 is 21.4 Å². The number of hydrogen-bond acceptors (Lipinski definition) is 4. The minimum atomic E-state index is -3.70. The zero-order valence-corrected chi connectivity index (χ0v) is 12.5. The monoisotopic (exact) mass is 301 g/mol. The van der Waals surface area contributed by atoms with Crippen molar-refractivity contribution < 1.29 is 8.42 Å². The maximum Gasteiger partial charge on any atom is 0.261 e. The molecule has 0 radical (unpaired) electrons. The zero-order chi connectivity index (χ0) is 15.6. The number of aryl methyl sites for hydroxylation is 2. The molecule has 0 aromatic heterocycles. The average molecular weight is 301 g/mol. The molecule has 3 N–H and O–H groups in total. The number of hydrogen-bond donors (Lipinski definition) is 2. The second-order valence-corrected chi connectivity index (χ2v) is 6.45. The van der Waals surface area contributed by atoms with Crippen molar-refractivity contribution in [3.05, 3.63) is 53.1 Å². The number of nitrogens with zero attached hydrogens (tertiary/aromatic N) is 1. The van der Waals surface area contributed by atoms with Crippen LogP contribution in [-0.4, -0.2) is 8.42 Å². The zero-order valence-electron chi connectivity index (χ0n) is 11.7. The Morgan fingerprint density at radius 2 is 1.81 bits per heavy atom. The Labute approximate surface area is 124 Å². The SMILES string of the molecule is Cc1cc(S(=O)(=O)Nc2ccc(N)cc2C)ccc1C#N. The molecule has 108 valence electrons. The first-order valence-corrected chi connectivity index (χ1v) is 7.71. The van der Waals surface area contributed by atoms with Gasteiger partial charge in [0.2, 0.25) is 0 Å². The lowest BCUT2D eigenvalue weighted by Crippen LogP contribution is -2.14. The fraction of sp³-hybridized carbons (Fsp3) is 0.133. The van der Waals surface area contributed by atoms with E-state index in [1.807, 2.05) is 6.07 Å². The van der Waals surface area contributed by atoms with E-state index in [2.05, 4.69) is 4.72 Å². The molecule has 0 spiro atoms. The van der Waals surface area contributed by atoms with Crippen molar-refractivity contribution in [2.24, 2.45) is 0 Å². The van der Waals surface area contributed by atoms with Crippen molar-refractivity contribution in [3.8, 4) is 6.07 Å². The van der Waals surface area contributed by atoms with Crippen molar-refractivity contribution in [3.63, 3.8) is 0 Å². The third kappa shape index (κ3) is 3.15. The summed E-state index contributed by atoms with van der Waals surface area (Å²) in [6.45, 7) is 3.48. The van der Waals surface area contributed by atoms with E-state index in [4.69, 9.17) is 11.0 Å². The van der Waals surface area contributed by atoms with E-state index >= 15 is 0 Å². The second-order valence-electron chi connectivity index (χ2n) is 4.77. The molecular weight excluding hydrogens is 286 g/mol. The van der Waals surface area contributed by atoms with Crippen LogP contribution in [0.25, 0.3) is 0 Å². The highest BCUT2D eigenvalue weighted by molar-refractivity contribution is 7.92. The van der Waals surface area contributed by atoms with Crippen LogP contribution in [0.1, 0.15) is 16.7 Å². The Hall–Kier alpha value is -2.52. The fourth-order valence-corrected chi connectivity index (χ4v) is 3.15. The van der Waals surface area contributed by atoms with E-state index in [-0.39, 0.29) is 4.90 Å². The normalized spacial score (nSPS) is 10.9. The largest absolute Gasteiger partial charge is 0.399 e. The van der Waals surface area contributed by atoms with Gasteiger partial charge in [-0.1, -0.05) is 0 Å². The molecule has 21 heavy (non-hydrogen) atoms. The highest BCUT2D eigenvalue weighted by Crippen LogP contribution is 2.22. The summed E-state index contributed by atoms with van der Waals surface area (Å²) < 4.78 is 27.3. The lowest BCUT2D eigenvalue weighted by Gasteiger charge is -2.11. The second kappa shape index (κ2) is 5.46. The molecule has 0 saturated heterocycles. The molecule has 5 nitrogen and oxygen atoms in total. The molecule has 2 rings (SSSR count). The van der Waals surface area contributed by atoms with Gasteiger partial charge >= 0.3 is 0 Å². The van der Waals surface area contributed by atoms with E-state index in [0.29, 0.717) is 22.5 Å². The van der Waals surface area contributed by atoms with E-state index in [0.717, 1.165) is 5.56 Å². The van der Waals surface area contributed by atoms with Gasteiger partial charge in [-0.25, -0.2) is 8.42 Å². The number of nitrogens with two attached hydrogens (primary N) is 1. The fourth-order valence-electron chi connectivity index (χ4n) is 1.93. The van der Waals surface area contributed by atoms with Gasteiger partial charge in [-0.2, -0.15) is 5.26 Å². The van der Waals surface area contributed by atoms with E-state index in [1.165, 1.54) is 18.2 Å². The summed E-state index contributed by atoms with van der Waals surface area (Å²) in [5.41, 5.74) is 8.51. The van der Waals surface area contributed by atoms with Gasteiger partial charge in [0.15, 0.2) is 0 Å². The molecule has 0 unspecified atom stereocenters. The lowest BCUT2D eigenvalue weighted by molar-refractivity contribution is 0.601. The number of nitrogens with one attached hydrogen (secondary N) is 1. The van der Waals surface area contributed by atoms with Gasteiger partial charge in [-0.05, 0) is 61.4 Å². The highest BCUT2D eigenvalue weighted by atomic mass is 32.2. The molecule has 2 aromatic rings. The first kappa shape index (κ1) is 14.9. The Morgan fingerprint density at radius 1 is 1.10 bits per heavy atom. The number of nitrogen functional groups attached to an aromatic ring is 1. The molecule has 6 heteroatoms. The van der Waals surface area contributed by atoms with E-state index in [1.54, 1.807) is 32.0 Å². The van der Waals surface area contributed by atoms with Crippen LogP contribution in [0.15, 0.2) is 41.3 Å². The minimum absolute atomic E-state index is 0.121. The molecule has 0 fully saturated rings. The summed E-state index contributed by atoms with van der Waals surface area (Å²) in [5.74, 6) is 0. The van der Waals surface area contributed by atoms with Crippen LogP contribution in [0.5, 0.6) is 0 Å². The first-order valence-electron chi connectivity index (χ1n) is 6.23. The average Bonchev–Trinajstić information content (AvgIpc) is 2.42. The Bertz CT molecular complexity index is 836. The van der Waals surface area contributed by atoms with Crippen LogP contribution in [0, 0.1) is 25.2 Å². The molecule has 0 atom stereocenters. The van der Waals surface area contributed by atoms with Gasteiger partial charge in [0.25, 0.3) is 10.0 Å². The van der Waals surface area contributed by atoms with Crippen LogP contribution in [0.3, 0.4) is 0 Å². The molecule has 0 saturated carbocycles. The van der Waals surface area contributed by atoms with Crippen molar-refractivity contribution in [1.82, 2.24) is 0 Å². The van der Waals surface area contributed by atoms with Crippen molar-refractivity contribution in [2.45, 2.75) is 18.7 Å². The first-order chi connectivity index (χ1) is 9.83. The number of benzene rings is 2. The van der Waals surface area contributed by atoms with Gasteiger partial charge in [0.05, 0.1) is 22.2 Å². The summed E-state index contributed by atoms with van der Waals surface area (Å²) in [5, 5.41) is 8.88. The van der Waals surface area contributed by atoms with Crippen LogP contribution in [-0.2, 0) is 10.0 Å². The van der Waals surface area contributed by atoms with Gasteiger partial charge in [0.1, 0.15) is 0 Å². The van der Waals surface area contributed by atoms with Crippen LogP contribution in [0.2, 0.25) is 0 Å². The molecule has 0 bridgehead atoms. The Morgan fingerprint density at radius 3 is 2.38 bits per heavy atom. The van der Waals surface area contributed by atoms with Gasteiger partial charge < -0.3 is 5.73 Å². The Balaban J connectivity index is 2.39. The molecule has 0 amide bonds. The third-order valence-electron chi connectivity index (χ3n) is 3.12. The van der Waals surface area contributed by atoms with Gasteiger partial charge in [0, 0.05) is 5.69 Å². The summed E-state index contributed by atoms with van der Waals surface area (Å²) >= 11 is 0. The number of sulfonamides is 1. The van der Waals surface area contributed by atoms with Crippen LogP contribution < -0.4 is 10.5 Å². The highest BCUT2D eigenvalue weighted by Gasteiger charge is 2.16. The van der Waals surface area contributed by atoms with Crippen molar-refractivity contribution in [2.75, 3.05) is 10.5 Å². The smallest absolute Gasteiger partial charge is 0.261 e. The van der Waals surface area contributed by atoms with E-state index < -0.39 is 10.0 Å². The van der Waals surface area contributed by atoms with Crippen LogP contribution >= 0.6 is 0 Å². The molecule has 0 aliphatic carbocycles. The van der Waals surface area contributed by atoms with Gasteiger partial charge in [-0.3, -0.25) is 4.72 Å². The summed E-state index contributed by atoms with van der Waals surface area (Å²) in [4.78, 5) is 0.121. The molecular formula is C15H15N3O2S. The third-order valence-corrected chi connectivity index (χ3v) is 4.49. The molecule has 2 aromatic carbocycles. The van der Waals surface area contributed by atoms with E-state index in [9.17, 15) is 8.42 Å².